The first-order valence-corrected chi connectivity index (χ1v) is 6.24. The summed E-state index contributed by atoms with van der Waals surface area (Å²) in [6.07, 6.45) is 2.71. The number of carbonyl (C=O) groups excluding carboxylic acids is 1. The number of carbonyl (C=O) groups is 2. The summed E-state index contributed by atoms with van der Waals surface area (Å²) < 4.78 is 0. The number of amides is 1. The number of rotatable bonds is 3. The Morgan fingerprint density at radius 2 is 2.26 bits per heavy atom. The van der Waals surface area contributed by atoms with E-state index in [0.717, 1.165) is 0 Å². The minimum atomic E-state index is -0.745. The van der Waals surface area contributed by atoms with Crippen LogP contribution in [-0.4, -0.2) is 34.6 Å². The molecular weight excluding hydrogens is 246 g/mol. The summed E-state index contributed by atoms with van der Waals surface area (Å²) in [6, 6.07) is 3.30. The van der Waals surface area contributed by atoms with E-state index in [1.807, 2.05) is 11.8 Å². The largest absolute Gasteiger partial charge is 0.481 e. The van der Waals surface area contributed by atoms with Crippen LogP contribution in [0, 0.1) is 5.92 Å². The molecule has 2 rings (SSSR count). The highest BCUT2D eigenvalue weighted by molar-refractivity contribution is 5.93. The number of pyridine rings is 1. The molecule has 1 saturated heterocycles. The second kappa shape index (κ2) is 5.26. The SMILES string of the molecule is CC1CC(C(=O)O)CCN1c1cc(C(N)=O)ccn1. The number of primary amides is 1. The molecule has 1 aliphatic heterocycles. The van der Waals surface area contributed by atoms with Crippen molar-refractivity contribution in [1.82, 2.24) is 4.98 Å². The Morgan fingerprint density at radius 3 is 2.84 bits per heavy atom. The second-order valence-electron chi connectivity index (χ2n) is 4.87. The fraction of sp³-hybridized carbons (Fsp3) is 0.462. The molecule has 2 atom stereocenters. The molecular formula is C13H17N3O3. The summed E-state index contributed by atoms with van der Waals surface area (Å²) in [4.78, 5) is 28.4. The van der Waals surface area contributed by atoms with E-state index in [4.69, 9.17) is 10.8 Å². The number of hydrogen-bond donors (Lipinski definition) is 2. The van der Waals surface area contributed by atoms with Crippen molar-refractivity contribution in [2.24, 2.45) is 11.7 Å². The monoisotopic (exact) mass is 263 g/mol. The van der Waals surface area contributed by atoms with Crippen LogP contribution < -0.4 is 10.6 Å². The number of piperidine rings is 1. The first-order valence-electron chi connectivity index (χ1n) is 6.24. The van der Waals surface area contributed by atoms with Gasteiger partial charge in [0.15, 0.2) is 0 Å². The first-order chi connectivity index (χ1) is 8.99. The Kier molecular flexibility index (Phi) is 3.69. The Hall–Kier alpha value is -2.11. The van der Waals surface area contributed by atoms with Gasteiger partial charge in [0.1, 0.15) is 5.82 Å². The van der Waals surface area contributed by atoms with Gasteiger partial charge in [-0.3, -0.25) is 9.59 Å². The van der Waals surface area contributed by atoms with Gasteiger partial charge >= 0.3 is 5.97 Å². The fourth-order valence-electron chi connectivity index (χ4n) is 2.47. The number of anilines is 1. The van der Waals surface area contributed by atoms with Crippen LogP contribution in [0.2, 0.25) is 0 Å². The lowest BCUT2D eigenvalue weighted by atomic mass is 9.91. The highest BCUT2D eigenvalue weighted by Gasteiger charge is 2.30. The van der Waals surface area contributed by atoms with Gasteiger partial charge < -0.3 is 15.7 Å². The van der Waals surface area contributed by atoms with Crippen LogP contribution in [0.3, 0.4) is 0 Å². The number of hydrogen-bond acceptors (Lipinski definition) is 4. The minimum Gasteiger partial charge on any atom is -0.481 e. The summed E-state index contributed by atoms with van der Waals surface area (Å²) >= 11 is 0. The summed E-state index contributed by atoms with van der Waals surface area (Å²) in [5, 5.41) is 9.03. The molecule has 1 aromatic heterocycles. The maximum atomic E-state index is 11.2. The molecule has 1 aromatic rings. The summed E-state index contributed by atoms with van der Waals surface area (Å²) in [5.74, 6) is -0.861. The summed E-state index contributed by atoms with van der Waals surface area (Å²) in [5.41, 5.74) is 5.66. The van der Waals surface area contributed by atoms with Crippen LogP contribution in [0.25, 0.3) is 0 Å². The maximum absolute atomic E-state index is 11.2. The van der Waals surface area contributed by atoms with Gasteiger partial charge in [0, 0.05) is 24.3 Å². The van der Waals surface area contributed by atoms with Gasteiger partial charge in [-0.2, -0.15) is 0 Å². The highest BCUT2D eigenvalue weighted by Crippen LogP contribution is 2.27. The normalized spacial score (nSPS) is 23.1. The molecule has 6 nitrogen and oxygen atoms in total. The molecule has 1 amide bonds. The number of carboxylic acid groups (broad SMARTS) is 1. The zero-order chi connectivity index (χ0) is 14.0. The van der Waals surface area contributed by atoms with Gasteiger partial charge in [0.2, 0.25) is 5.91 Å². The van der Waals surface area contributed by atoms with Gasteiger partial charge in [0.05, 0.1) is 5.92 Å². The molecule has 3 N–H and O–H groups in total. The van der Waals surface area contributed by atoms with Crippen LogP contribution >= 0.6 is 0 Å². The predicted molar refractivity (Wildman–Crippen MR) is 69.9 cm³/mol. The van der Waals surface area contributed by atoms with E-state index >= 15 is 0 Å². The van der Waals surface area contributed by atoms with Crippen molar-refractivity contribution < 1.29 is 14.7 Å². The molecule has 1 fully saturated rings. The minimum absolute atomic E-state index is 0.0745. The molecule has 0 spiro atoms. The lowest BCUT2D eigenvalue weighted by molar-refractivity contribution is -0.142. The summed E-state index contributed by atoms with van der Waals surface area (Å²) in [7, 11) is 0. The third kappa shape index (κ3) is 2.83. The highest BCUT2D eigenvalue weighted by atomic mass is 16.4. The number of nitrogens with zero attached hydrogens (tertiary/aromatic N) is 2. The van der Waals surface area contributed by atoms with E-state index in [9.17, 15) is 9.59 Å². The molecule has 19 heavy (non-hydrogen) atoms. The Labute approximate surface area is 111 Å². The molecule has 0 aliphatic carbocycles. The second-order valence-corrected chi connectivity index (χ2v) is 4.87. The van der Waals surface area contributed by atoms with Gasteiger partial charge in [-0.1, -0.05) is 0 Å². The topological polar surface area (TPSA) is 96.5 Å². The van der Waals surface area contributed by atoms with Crippen molar-refractivity contribution in [2.75, 3.05) is 11.4 Å². The summed E-state index contributed by atoms with van der Waals surface area (Å²) in [6.45, 7) is 2.58. The molecule has 0 bridgehead atoms. The number of aromatic nitrogens is 1. The molecule has 2 heterocycles. The molecule has 2 unspecified atom stereocenters. The van der Waals surface area contributed by atoms with E-state index < -0.39 is 11.9 Å². The van der Waals surface area contributed by atoms with Crippen LogP contribution in [0.1, 0.15) is 30.1 Å². The third-order valence-electron chi connectivity index (χ3n) is 3.55. The molecule has 0 saturated carbocycles. The van der Waals surface area contributed by atoms with Gasteiger partial charge in [0.25, 0.3) is 0 Å². The number of nitrogens with two attached hydrogens (primary N) is 1. The van der Waals surface area contributed by atoms with Crippen molar-refractivity contribution in [3.05, 3.63) is 23.9 Å². The first kappa shape index (κ1) is 13.3. The maximum Gasteiger partial charge on any atom is 0.306 e. The quantitative estimate of drug-likeness (QED) is 0.843. The van der Waals surface area contributed by atoms with Crippen molar-refractivity contribution in [2.45, 2.75) is 25.8 Å². The van der Waals surface area contributed by atoms with Crippen molar-refractivity contribution in [1.29, 1.82) is 0 Å². The van der Waals surface area contributed by atoms with Gasteiger partial charge in [-0.25, -0.2) is 4.98 Å². The molecule has 0 radical (unpaired) electrons. The molecule has 6 heteroatoms. The fourth-order valence-corrected chi connectivity index (χ4v) is 2.47. The van der Waals surface area contributed by atoms with Gasteiger partial charge in [-0.05, 0) is 31.9 Å². The van der Waals surface area contributed by atoms with E-state index in [1.54, 1.807) is 18.3 Å². The molecule has 1 aliphatic rings. The van der Waals surface area contributed by atoms with Crippen LogP contribution in [0.15, 0.2) is 18.3 Å². The Morgan fingerprint density at radius 1 is 1.53 bits per heavy atom. The van der Waals surface area contributed by atoms with E-state index in [0.29, 0.717) is 30.8 Å². The predicted octanol–water partition coefficient (Wildman–Crippen LogP) is 0.870. The average molecular weight is 263 g/mol. The van der Waals surface area contributed by atoms with E-state index in [1.165, 1.54) is 0 Å². The third-order valence-corrected chi connectivity index (χ3v) is 3.55. The van der Waals surface area contributed by atoms with Crippen molar-refractivity contribution in [3.8, 4) is 0 Å². The zero-order valence-corrected chi connectivity index (χ0v) is 10.7. The Bertz CT molecular complexity index is 504. The van der Waals surface area contributed by atoms with E-state index in [2.05, 4.69) is 4.98 Å². The van der Waals surface area contributed by atoms with Crippen molar-refractivity contribution in [3.63, 3.8) is 0 Å². The Balaban J connectivity index is 2.17. The van der Waals surface area contributed by atoms with Crippen molar-refractivity contribution >= 4 is 17.7 Å². The van der Waals surface area contributed by atoms with Gasteiger partial charge in [-0.15, -0.1) is 0 Å². The zero-order valence-electron chi connectivity index (χ0n) is 10.7. The van der Waals surface area contributed by atoms with Crippen LogP contribution in [0.5, 0.6) is 0 Å². The lowest BCUT2D eigenvalue weighted by Gasteiger charge is -2.37. The molecule has 102 valence electrons. The molecule has 0 aromatic carbocycles. The standard InChI is InChI=1S/C13H17N3O3/c1-8-6-10(13(18)19)3-5-16(8)11-7-9(12(14)17)2-4-15-11/h2,4,7-8,10H,3,5-6H2,1H3,(H2,14,17)(H,18,19). The average Bonchev–Trinajstić information content (AvgIpc) is 2.38. The van der Waals surface area contributed by atoms with E-state index in [-0.39, 0.29) is 12.0 Å². The number of carboxylic acids is 1. The lowest BCUT2D eigenvalue weighted by Crippen LogP contribution is -2.43. The van der Waals surface area contributed by atoms with Crippen LogP contribution in [-0.2, 0) is 4.79 Å². The number of aliphatic carboxylic acids is 1. The smallest absolute Gasteiger partial charge is 0.306 e. The van der Waals surface area contributed by atoms with Crippen LogP contribution in [0.4, 0.5) is 5.82 Å².